The van der Waals surface area contributed by atoms with Crippen LogP contribution in [0.1, 0.15) is 34.3 Å². The zero-order valence-corrected chi connectivity index (χ0v) is 11.4. The summed E-state index contributed by atoms with van der Waals surface area (Å²) in [4.78, 5) is 22.1. The van der Waals surface area contributed by atoms with Crippen molar-refractivity contribution >= 4 is 12.4 Å². The van der Waals surface area contributed by atoms with Crippen molar-refractivity contribution in [2.24, 2.45) is 0 Å². The summed E-state index contributed by atoms with van der Waals surface area (Å²) in [6, 6.07) is 5.03. The highest BCUT2D eigenvalue weighted by molar-refractivity contribution is 5.91. The summed E-state index contributed by atoms with van der Waals surface area (Å²) in [5.41, 5.74) is 1.52. The van der Waals surface area contributed by atoms with Gasteiger partial charge < -0.3 is 19.7 Å². The molecule has 1 aromatic carbocycles. The van der Waals surface area contributed by atoms with Crippen molar-refractivity contribution in [1.29, 1.82) is 0 Å². The topological polar surface area (TPSA) is 93.1 Å². The molecule has 0 amide bonds. The van der Waals surface area contributed by atoms with Crippen LogP contribution >= 0.6 is 0 Å². The quantitative estimate of drug-likeness (QED) is 0.432. The fourth-order valence-corrected chi connectivity index (χ4v) is 1.93. The van der Waals surface area contributed by atoms with Gasteiger partial charge in [0.2, 0.25) is 6.29 Å². The molecule has 0 fully saturated rings. The van der Waals surface area contributed by atoms with E-state index in [9.17, 15) is 19.8 Å². The monoisotopic (exact) mass is 282 g/mol. The number of ether oxygens (including phenoxy) is 2. The lowest BCUT2D eigenvalue weighted by Crippen LogP contribution is -2.26. The van der Waals surface area contributed by atoms with Gasteiger partial charge in [-0.1, -0.05) is 19.1 Å². The lowest BCUT2D eigenvalue weighted by atomic mass is 9.92. The average molecular weight is 282 g/mol. The minimum Gasteiger partial charge on any atom is -0.465 e. The Labute approximate surface area is 116 Å². The lowest BCUT2D eigenvalue weighted by molar-refractivity contribution is -0.157. The number of carbonyl (C=O) groups is 2. The fraction of sp³-hybridized carbons (Fsp3) is 0.429. The number of hydrogen-bond donors (Lipinski definition) is 2. The van der Waals surface area contributed by atoms with E-state index >= 15 is 0 Å². The maximum atomic E-state index is 11.8. The van der Waals surface area contributed by atoms with E-state index in [2.05, 4.69) is 4.74 Å². The molecule has 0 bridgehead atoms. The van der Waals surface area contributed by atoms with Crippen LogP contribution in [0.15, 0.2) is 18.2 Å². The number of aliphatic hydroxyl groups excluding tert-OH is 2. The summed E-state index contributed by atoms with van der Waals surface area (Å²) in [7, 11) is 1.25. The lowest BCUT2D eigenvalue weighted by Gasteiger charge is -2.22. The first-order valence-electron chi connectivity index (χ1n) is 6.18. The second kappa shape index (κ2) is 7.62. The summed E-state index contributed by atoms with van der Waals surface area (Å²) in [5, 5.41) is 19.1. The molecule has 110 valence electrons. The highest BCUT2D eigenvalue weighted by atomic mass is 16.6. The van der Waals surface area contributed by atoms with Crippen LogP contribution in [0.3, 0.4) is 0 Å². The van der Waals surface area contributed by atoms with E-state index in [1.807, 2.05) is 6.92 Å². The van der Waals surface area contributed by atoms with Gasteiger partial charge in [-0.2, -0.15) is 0 Å². The molecular weight excluding hydrogens is 264 g/mol. The van der Waals surface area contributed by atoms with E-state index in [1.165, 1.54) is 7.11 Å². The number of aryl methyl sites for hydroxylation is 1. The van der Waals surface area contributed by atoms with E-state index in [0.29, 0.717) is 5.56 Å². The normalized spacial score (nSPS) is 13.4. The molecule has 0 spiro atoms. The van der Waals surface area contributed by atoms with Gasteiger partial charge in [0.15, 0.2) is 0 Å². The second-order valence-electron chi connectivity index (χ2n) is 4.18. The molecule has 1 rings (SSSR count). The van der Waals surface area contributed by atoms with E-state index in [-0.39, 0.29) is 12.0 Å². The molecule has 0 saturated carbocycles. The number of esters is 1. The number of rotatable bonds is 7. The van der Waals surface area contributed by atoms with Crippen molar-refractivity contribution in [3.8, 4) is 0 Å². The first-order valence-corrected chi connectivity index (χ1v) is 6.18. The molecule has 0 aliphatic rings. The zero-order valence-electron chi connectivity index (χ0n) is 11.4. The smallest absolute Gasteiger partial charge is 0.338 e. The number of aliphatic hydroxyl groups is 2. The molecule has 2 unspecified atom stereocenters. The Morgan fingerprint density at radius 2 is 2.15 bits per heavy atom. The molecule has 2 atom stereocenters. The number of carbonyl (C=O) groups excluding carboxylic acids is 2. The van der Waals surface area contributed by atoms with Crippen LogP contribution < -0.4 is 0 Å². The summed E-state index contributed by atoms with van der Waals surface area (Å²) >= 11 is 0. The highest BCUT2D eigenvalue weighted by Gasteiger charge is 2.27. The van der Waals surface area contributed by atoms with Crippen LogP contribution in [0.25, 0.3) is 0 Å². The van der Waals surface area contributed by atoms with Gasteiger partial charge in [0.1, 0.15) is 0 Å². The molecule has 0 heterocycles. The van der Waals surface area contributed by atoms with Crippen molar-refractivity contribution in [1.82, 2.24) is 0 Å². The number of methoxy groups -OCH3 is 1. The van der Waals surface area contributed by atoms with Crippen LogP contribution in [-0.4, -0.2) is 42.7 Å². The van der Waals surface area contributed by atoms with Gasteiger partial charge in [-0.3, -0.25) is 4.79 Å². The second-order valence-corrected chi connectivity index (χ2v) is 4.18. The first-order chi connectivity index (χ1) is 9.58. The Morgan fingerprint density at radius 1 is 1.45 bits per heavy atom. The van der Waals surface area contributed by atoms with E-state index < -0.39 is 24.8 Å². The van der Waals surface area contributed by atoms with Crippen molar-refractivity contribution < 1.29 is 29.3 Å². The third-order valence-electron chi connectivity index (χ3n) is 3.07. The molecular formula is C14H18O6. The molecule has 0 aliphatic carbocycles. The molecule has 0 aromatic heterocycles. The Balaban J connectivity index is 3.26. The average Bonchev–Trinajstić information content (AvgIpc) is 2.47. The van der Waals surface area contributed by atoms with E-state index in [1.54, 1.807) is 18.2 Å². The molecule has 20 heavy (non-hydrogen) atoms. The van der Waals surface area contributed by atoms with Gasteiger partial charge in [-0.15, -0.1) is 0 Å². The Kier molecular flexibility index (Phi) is 6.14. The van der Waals surface area contributed by atoms with Gasteiger partial charge in [0.05, 0.1) is 25.2 Å². The van der Waals surface area contributed by atoms with Crippen LogP contribution in [0.4, 0.5) is 0 Å². The molecule has 0 aliphatic heterocycles. The molecule has 0 saturated heterocycles. The highest BCUT2D eigenvalue weighted by Crippen LogP contribution is 2.26. The SMILES string of the molecule is CCc1ccc(C(CO)C(O)OC=O)c(C(=O)OC)c1. The minimum absolute atomic E-state index is 0.0888. The van der Waals surface area contributed by atoms with Crippen molar-refractivity contribution in [3.63, 3.8) is 0 Å². The molecule has 2 N–H and O–H groups in total. The van der Waals surface area contributed by atoms with Crippen LogP contribution in [-0.2, 0) is 20.7 Å². The van der Waals surface area contributed by atoms with E-state index in [0.717, 1.165) is 12.0 Å². The van der Waals surface area contributed by atoms with Crippen molar-refractivity contribution in [3.05, 3.63) is 34.9 Å². The molecule has 6 nitrogen and oxygen atoms in total. The molecule has 0 radical (unpaired) electrons. The summed E-state index contributed by atoms with van der Waals surface area (Å²) in [5.74, 6) is -1.49. The maximum Gasteiger partial charge on any atom is 0.338 e. The van der Waals surface area contributed by atoms with Gasteiger partial charge in [0, 0.05) is 0 Å². The zero-order chi connectivity index (χ0) is 15.1. The maximum absolute atomic E-state index is 11.8. The van der Waals surface area contributed by atoms with Crippen molar-refractivity contribution in [2.75, 3.05) is 13.7 Å². The largest absolute Gasteiger partial charge is 0.465 e. The summed E-state index contributed by atoms with van der Waals surface area (Å²) in [6.45, 7) is 1.54. The third kappa shape index (κ3) is 3.55. The van der Waals surface area contributed by atoms with Gasteiger partial charge >= 0.3 is 5.97 Å². The minimum atomic E-state index is -1.53. The molecule has 1 aromatic rings. The molecule has 6 heteroatoms. The van der Waals surface area contributed by atoms with Crippen LogP contribution in [0.2, 0.25) is 0 Å². The predicted octanol–water partition coefficient (Wildman–Crippen LogP) is 0.603. The fourth-order valence-electron chi connectivity index (χ4n) is 1.93. The van der Waals surface area contributed by atoms with Crippen molar-refractivity contribution in [2.45, 2.75) is 25.6 Å². The Hall–Kier alpha value is -1.92. The van der Waals surface area contributed by atoms with Gasteiger partial charge in [0.25, 0.3) is 6.47 Å². The van der Waals surface area contributed by atoms with Gasteiger partial charge in [-0.05, 0) is 23.6 Å². The summed E-state index contributed by atoms with van der Waals surface area (Å²) < 4.78 is 9.14. The Morgan fingerprint density at radius 3 is 2.65 bits per heavy atom. The van der Waals surface area contributed by atoms with E-state index in [4.69, 9.17) is 4.74 Å². The number of hydrogen-bond acceptors (Lipinski definition) is 6. The van der Waals surface area contributed by atoms with Crippen LogP contribution in [0, 0.1) is 0 Å². The third-order valence-corrected chi connectivity index (χ3v) is 3.07. The Bertz CT molecular complexity index is 471. The van der Waals surface area contributed by atoms with Crippen LogP contribution in [0.5, 0.6) is 0 Å². The number of benzene rings is 1. The van der Waals surface area contributed by atoms with Gasteiger partial charge in [-0.25, -0.2) is 4.79 Å². The standard InChI is InChI=1S/C14H18O6/c1-3-9-4-5-10(11(6-9)13(17)19-2)12(7-15)14(18)20-8-16/h4-6,8,12,14-15,18H,3,7H2,1-2H3. The summed E-state index contributed by atoms with van der Waals surface area (Å²) in [6.07, 6.45) is -0.810. The first kappa shape index (κ1) is 16.1. The predicted molar refractivity (Wildman–Crippen MR) is 70.1 cm³/mol.